The fourth-order valence-corrected chi connectivity index (χ4v) is 6.03. The van der Waals surface area contributed by atoms with E-state index in [1.54, 1.807) is 14.2 Å². The number of ether oxygens (including phenoxy) is 2. The van der Waals surface area contributed by atoms with Crippen molar-refractivity contribution in [2.45, 2.75) is 24.9 Å². The molecule has 2 heterocycles. The average molecular weight is 579 g/mol. The summed E-state index contributed by atoms with van der Waals surface area (Å²) in [6.45, 7) is 0. The maximum atomic E-state index is 5.40. The second kappa shape index (κ2) is 12.1. The summed E-state index contributed by atoms with van der Waals surface area (Å²) in [6, 6.07) is 46.3. The van der Waals surface area contributed by atoms with Gasteiger partial charge in [-0.15, -0.1) is 0 Å². The van der Waals surface area contributed by atoms with Crippen LogP contribution in [0.4, 0.5) is 11.4 Å². The number of methoxy groups -OCH3 is 2. The van der Waals surface area contributed by atoms with Gasteiger partial charge in [0.1, 0.15) is 11.5 Å². The summed E-state index contributed by atoms with van der Waals surface area (Å²) in [7, 11) is 3.39. The Morgan fingerprint density at radius 3 is 1.18 bits per heavy atom. The Bertz CT molecular complexity index is 1630. The van der Waals surface area contributed by atoms with Gasteiger partial charge >= 0.3 is 0 Å². The summed E-state index contributed by atoms with van der Waals surface area (Å²) in [4.78, 5) is 0. The molecule has 2 atom stereocenters. The van der Waals surface area contributed by atoms with Crippen LogP contribution in [0.1, 0.15) is 47.2 Å². The Morgan fingerprint density at radius 2 is 0.841 bits per heavy atom. The van der Waals surface area contributed by atoms with Crippen LogP contribution in [0.5, 0.6) is 11.5 Å². The number of hydrogen-bond donors (Lipinski definition) is 0. The van der Waals surface area contributed by atoms with Crippen molar-refractivity contribution in [1.82, 2.24) is 0 Å². The molecule has 218 valence electrons. The molecular weight excluding hydrogens is 544 g/mol. The van der Waals surface area contributed by atoms with Gasteiger partial charge in [-0.1, -0.05) is 84.9 Å². The Morgan fingerprint density at radius 1 is 0.477 bits per heavy atom. The molecule has 0 aromatic heterocycles. The van der Waals surface area contributed by atoms with Crippen molar-refractivity contribution in [3.05, 3.63) is 156 Å². The molecule has 0 saturated carbocycles. The van der Waals surface area contributed by atoms with Crippen molar-refractivity contribution in [3.8, 4) is 11.5 Å². The first kappa shape index (κ1) is 27.5. The van der Waals surface area contributed by atoms with Gasteiger partial charge in [-0.25, -0.2) is 0 Å². The van der Waals surface area contributed by atoms with Crippen molar-refractivity contribution in [1.29, 1.82) is 0 Å². The Balaban J connectivity index is 1.17. The number of anilines is 2. The van der Waals surface area contributed by atoms with E-state index in [1.165, 1.54) is 11.1 Å². The number of hydrazone groups is 2. The van der Waals surface area contributed by atoms with Crippen LogP contribution in [0.2, 0.25) is 0 Å². The predicted molar refractivity (Wildman–Crippen MR) is 178 cm³/mol. The van der Waals surface area contributed by atoms with Crippen molar-refractivity contribution in [3.63, 3.8) is 0 Å². The first-order valence-corrected chi connectivity index (χ1v) is 14.9. The quantitative estimate of drug-likeness (QED) is 0.185. The highest BCUT2D eigenvalue weighted by Gasteiger charge is 2.32. The highest BCUT2D eigenvalue weighted by atomic mass is 16.5. The molecule has 0 fully saturated rings. The minimum Gasteiger partial charge on any atom is -0.497 e. The molecule has 2 unspecified atom stereocenters. The molecule has 5 aromatic rings. The summed E-state index contributed by atoms with van der Waals surface area (Å²) in [5.41, 5.74) is 8.93. The third kappa shape index (κ3) is 5.42. The number of nitrogens with zero attached hydrogens (tertiary/aromatic N) is 4. The molecule has 0 bridgehead atoms. The third-order valence-electron chi connectivity index (χ3n) is 8.41. The second-order valence-electron chi connectivity index (χ2n) is 11.0. The monoisotopic (exact) mass is 578 g/mol. The van der Waals surface area contributed by atoms with Crippen LogP contribution in [0.3, 0.4) is 0 Å². The number of para-hydroxylation sites is 2. The number of hydrogen-bond acceptors (Lipinski definition) is 6. The van der Waals surface area contributed by atoms with Crippen molar-refractivity contribution in [2.24, 2.45) is 10.2 Å². The SMILES string of the molecule is COc1ccc(C2CC(c3ccc(C4=NN(c5ccccc5)C(c5ccc(OC)cc5)C4)cc3)=NN2c2ccccc2)cc1. The van der Waals surface area contributed by atoms with Gasteiger partial charge in [0.15, 0.2) is 0 Å². The van der Waals surface area contributed by atoms with E-state index in [0.29, 0.717) is 0 Å². The maximum Gasteiger partial charge on any atom is 0.118 e. The summed E-state index contributed by atoms with van der Waals surface area (Å²) < 4.78 is 10.8. The molecule has 2 aliphatic heterocycles. The Labute approximate surface area is 258 Å². The van der Waals surface area contributed by atoms with Crippen LogP contribution in [0, 0.1) is 0 Å². The summed E-state index contributed by atoms with van der Waals surface area (Å²) in [5, 5.41) is 14.6. The van der Waals surface area contributed by atoms with E-state index in [4.69, 9.17) is 19.7 Å². The molecular formula is C38H34N4O2. The van der Waals surface area contributed by atoms with Gasteiger partial charge in [0, 0.05) is 12.8 Å². The lowest BCUT2D eigenvalue weighted by molar-refractivity contribution is 0.414. The van der Waals surface area contributed by atoms with Gasteiger partial charge < -0.3 is 9.47 Å². The minimum absolute atomic E-state index is 0.0990. The first-order chi connectivity index (χ1) is 21.7. The lowest BCUT2D eigenvalue weighted by Crippen LogP contribution is -2.18. The van der Waals surface area contributed by atoms with Crippen molar-refractivity contribution >= 4 is 22.8 Å². The highest BCUT2D eigenvalue weighted by molar-refractivity contribution is 6.06. The molecule has 6 heteroatoms. The van der Waals surface area contributed by atoms with Gasteiger partial charge in [0.2, 0.25) is 0 Å². The molecule has 7 rings (SSSR count). The standard InChI is InChI=1S/C38H34N4O2/c1-43-33-21-17-29(18-22-33)37-25-35(39-41(37)31-9-5-3-6-10-31)27-13-15-28(16-14-27)36-26-38(30-19-23-34(44-2)24-20-30)42(40-36)32-11-7-4-8-12-32/h3-24,37-38H,25-26H2,1-2H3. The van der Waals surface area contributed by atoms with E-state index in [0.717, 1.165) is 58.3 Å². The normalized spacial score (nSPS) is 17.8. The molecule has 5 aromatic carbocycles. The van der Waals surface area contributed by atoms with E-state index in [1.807, 2.05) is 36.4 Å². The van der Waals surface area contributed by atoms with Crippen LogP contribution in [-0.4, -0.2) is 25.6 Å². The molecule has 0 aliphatic carbocycles. The highest BCUT2D eigenvalue weighted by Crippen LogP contribution is 2.39. The second-order valence-corrected chi connectivity index (χ2v) is 11.0. The fraction of sp³-hybridized carbons (Fsp3) is 0.158. The smallest absolute Gasteiger partial charge is 0.118 e. The lowest BCUT2D eigenvalue weighted by atomic mass is 9.95. The molecule has 0 N–H and O–H groups in total. The Kier molecular flexibility index (Phi) is 7.55. The van der Waals surface area contributed by atoms with Crippen LogP contribution < -0.4 is 19.5 Å². The third-order valence-corrected chi connectivity index (χ3v) is 8.41. The van der Waals surface area contributed by atoms with Crippen molar-refractivity contribution < 1.29 is 9.47 Å². The molecule has 0 spiro atoms. The number of rotatable bonds is 8. The van der Waals surface area contributed by atoms with E-state index in [2.05, 4.69) is 107 Å². The van der Waals surface area contributed by atoms with E-state index in [9.17, 15) is 0 Å². The first-order valence-electron chi connectivity index (χ1n) is 14.9. The number of benzene rings is 5. The molecule has 0 saturated heterocycles. The maximum absolute atomic E-state index is 5.40. The molecule has 0 amide bonds. The molecule has 6 nitrogen and oxygen atoms in total. The van der Waals surface area contributed by atoms with Crippen LogP contribution in [0.15, 0.2) is 144 Å². The van der Waals surface area contributed by atoms with Gasteiger partial charge in [-0.05, 0) is 70.8 Å². The van der Waals surface area contributed by atoms with Crippen molar-refractivity contribution in [2.75, 3.05) is 24.2 Å². The molecule has 2 aliphatic rings. The van der Waals surface area contributed by atoms with Crippen LogP contribution in [-0.2, 0) is 0 Å². The summed E-state index contributed by atoms with van der Waals surface area (Å²) in [6.07, 6.45) is 1.62. The average Bonchev–Trinajstić information content (AvgIpc) is 3.76. The zero-order chi connectivity index (χ0) is 29.9. The van der Waals surface area contributed by atoms with Gasteiger partial charge in [0.25, 0.3) is 0 Å². The van der Waals surface area contributed by atoms with Gasteiger partial charge in [-0.3, -0.25) is 10.0 Å². The van der Waals surface area contributed by atoms with E-state index in [-0.39, 0.29) is 12.1 Å². The largest absolute Gasteiger partial charge is 0.497 e. The Hall–Kier alpha value is -5.36. The van der Waals surface area contributed by atoms with Crippen LogP contribution >= 0.6 is 0 Å². The minimum atomic E-state index is 0.0990. The summed E-state index contributed by atoms with van der Waals surface area (Å²) in [5.74, 6) is 1.70. The fourth-order valence-electron chi connectivity index (χ4n) is 6.03. The van der Waals surface area contributed by atoms with Crippen LogP contribution in [0.25, 0.3) is 0 Å². The topological polar surface area (TPSA) is 49.7 Å². The lowest BCUT2D eigenvalue weighted by Gasteiger charge is -2.24. The molecule has 44 heavy (non-hydrogen) atoms. The zero-order valence-electron chi connectivity index (χ0n) is 24.9. The van der Waals surface area contributed by atoms with Gasteiger partial charge in [-0.2, -0.15) is 10.2 Å². The van der Waals surface area contributed by atoms with E-state index >= 15 is 0 Å². The summed E-state index contributed by atoms with van der Waals surface area (Å²) >= 11 is 0. The molecule has 0 radical (unpaired) electrons. The predicted octanol–water partition coefficient (Wildman–Crippen LogP) is 8.42. The van der Waals surface area contributed by atoms with Gasteiger partial charge in [0.05, 0.1) is 49.1 Å². The zero-order valence-corrected chi connectivity index (χ0v) is 24.9. The van der Waals surface area contributed by atoms with E-state index < -0.39 is 0 Å².